The van der Waals surface area contributed by atoms with Gasteiger partial charge in [-0.3, -0.25) is 4.90 Å². The zero-order valence-electron chi connectivity index (χ0n) is 15.3. The van der Waals surface area contributed by atoms with E-state index in [-0.39, 0.29) is 6.03 Å². The summed E-state index contributed by atoms with van der Waals surface area (Å²) in [4.78, 5) is 16.5. The monoisotopic (exact) mass is 379 g/mol. The summed E-state index contributed by atoms with van der Waals surface area (Å²) in [5.74, 6) is 0.611. The summed E-state index contributed by atoms with van der Waals surface area (Å²) in [6.45, 7) is 3.79. The second-order valence-electron chi connectivity index (χ2n) is 7.23. The molecule has 2 fully saturated rings. The van der Waals surface area contributed by atoms with Crippen LogP contribution in [0.15, 0.2) is 30.3 Å². The zero-order chi connectivity index (χ0) is 18.4. The van der Waals surface area contributed by atoms with Crippen molar-refractivity contribution in [2.45, 2.75) is 31.7 Å². The summed E-state index contributed by atoms with van der Waals surface area (Å²) in [5, 5.41) is 3.02. The Labute approximate surface area is 156 Å². The topological polar surface area (TPSA) is 69.7 Å². The predicted octanol–water partition coefficient (Wildman–Crippen LogP) is 1.52. The molecule has 2 aliphatic heterocycles. The van der Waals surface area contributed by atoms with E-state index in [1.165, 1.54) is 5.56 Å². The van der Waals surface area contributed by atoms with Crippen molar-refractivity contribution in [1.29, 1.82) is 0 Å². The largest absolute Gasteiger partial charge is 0.338 e. The number of nitrogens with one attached hydrogen (secondary N) is 1. The number of urea groups is 1. The second kappa shape index (κ2) is 8.86. The van der Waals surface area contributed by atoms with Crippen LogP contribution in [-0.2, 0) is 16.3 Å². The van der Waals surface area contributed by atoms with Gasteiger partial charge in [-0.25, -0.2) is 13.2 Å². The Morgan fingerprint density at radius 3 is 2.35 bits per heavy atom. The van der Waals surface area contributed by atoms with Crippen molar-refractivity contribution in [2.75, 3.05) is 44.2 Å². The molecular formula is C19H29N3O3S. The standard InChI is InChI=1S/C19H29N3O3S/c23-19(20-10-4-7-17-5-2-1-3-6-17)22-13-11-21(12-14-22)18-8-15-26(24,25)16-9-18/h1-3,5-6,18H,4,7-16H2,(H,20,23). The van der Waals surface area contributed by atoms with Crippen LogP contribution >= 0.6 is 0 Å². The summed E-state index contributed by atoms with van der Waals surface area (Å²) in [5.41, 5.74) is 1.30. The molecule has 0 aliphatic carbocycles. The number of hydrogen-bond acceptors (Lipinski definition) is 4. The number of carbonyl (C=O) groups excluding carboxylic acids is 1. The molecule has 0 atom stereocenters. The van der Waals surface area contributed by atoms with E-state index in [9.17, 15) is 13.2 Å². The molecule has 2 saturated heterocycles. The highest BCUT2D eigenvalue weighted by molar-refractivity contribution is 7.91. The fourth-order valence-electron chi connectivity index (χ4n) is 3.78. The normalized spacial score (nSPS) is 21.5. The summed E-state index contributed by atoms with van der Waals surface area (Å²) in [6.07, 6.45) is 3.37. The molecule has 26 heavy (non-hydrogen) atoms. The van der Waals surface area contributed by atoms with Crippen LogP contribution in [0.25, 0.3) is 0 Å². The van der Waals surface area contributed by atoms with E-state index in [0.717, 1.165) is 38.8 Å². The number of rotatable bonds is 5. The van der Waals surface area contributed by atoms with Crippen molar-refractivity contribution in [2.24, 2.45) is 0 Å². The van der Waals surface area contributed by atoms with E-state index in [1.54, 1.807) is 0 Å². The van der Waals surface area contributed by atoms with E-state index < -0.39 is 9.84 Å². The van der Waals surface area contributed by atoms with Crippen molar-refractivity contribution in [1.82, 2.24) is 15.1 Å². The second-order valence-corrected chi connectivity index (χ2v) is 9.53. The van der Waals surface area contributed by atoms with Gasteiger partial charge in [0.15, 0.2) is 0 Å². The maximum atomic E-state index is 12.3. The van der Waals surface area contributed by atoms with Crippen LogP contribution in [0.3, 0.4) is 0 Å². The fourth-order valence-corrected chi connectivity index (χ4v) is 5.24. The molecule has 1 aromatic carbocycles. The molecule has 144 valence electrons. The first kappa shape index (κ1) is 19.2. The number of sulfone groups is 1. The highest BCUT2D eigenvalue weighted by Gasteiger charge is 2.30. The van der Waals surface area contributed by atoms with E-state index in [4.69, 9.17) is 0 Å². The Balaban J connectivity index is 1.33. The van der Waals surface area contributed by atoms with Gasteiger partial charge >= 0.3 is 6.03 Å². The third-order valence-corrected chi connectivity index (χ3v) is 7.12. The van der Waals surface area contributed by atoms with Gasteiger partial charge in [0.2, 0.25) is 0 Å². The van der Waals surface area contributed by atoms with Crippen molar-refractivity contribution < 1.29 is 13.2 Å². The molecule has 7 heteroatoms. The SMILES string of the molecule is O=C(NCCCc1ccccc1)N1CCN(C2CCS(=O)(=O)CC2)CC1. The summed E-state index contributed by atoms with van der Waals surface area (Å²) in [7, 11) is -2.81. The highest BCUT2D eigenvalue weighted by atomic mass is 32.2. The van der Waals surface area contributed by atoms with Crippen LogP contribution in [0.4, 0.5) is 4.79 Å². The van der Waals surface area contributed by atoms with E-state index in [2.05, 4.69) is 22.3 Å². The Morgan fingerprint density at radius 1 is 1.04 bits per heavy atom. The molecule has 2 aliphatic rings. The van der Waals surface area contributed by atoms with Crippen molar-refractivity contribution in [3.05, 3.63) is 35.9 Å². The van der Waals surface area contributed by atoms with E-state index >= 15 is 0 Å². The minimum Gasteiger partial charge on any atom is -0.338 e. The molecule has 0 unspecified atom stereocenters. The van der Waals surface area contributed by atoms with Gasteiger partial charge in [0.1, 0.15) is 9.84 Å². The number of aryl methyl sites for hydroxylation is 1. The number of carbonyl (C=O) groups is 1. The molecule has 1 aromatic rings. The quantitative estimate of drug-likeness (QED) is 0.788. The molecule has 0 radical (unpaired) electrons. The maximum absolute atomic E-state index is 12.3. The number of amides is 2. The number of hydrogen-bond donors (Lipinski definition) is 1. The van der Waals surface area contributed by atoms with Gasteiger partial charge < -0.3 is 10.2 Å². The third-order valence-electron chi connectivity index (χ3n) is 5.40. The van der Waals surface area contributed by atoms with Gasteiger partial charge in [-0.2, -0.15) is 0 Å². The summed E-state index contributed by atoms with van der Waals surface area (Å²) in [6, 6.07) is 10.7. The van der Waals surface area contributed by atoms with Crippen LogP contribution in [0, 0.1) is 0 Å². The van der Waals surface area contributed by atoms with Crippen LogP contribution in [0.2, 0.25) is 0 Å². The van der Waals surface area contributed by atoms with Crippen molar-refractivity contribution in [3.8, 4) is 0 Å². The molecule has 2 heterocycles. The number of nitrogens with zero attached hydrogens (tertiary/aromatic N) is 2. The maximum Gasteiger partial charge on any atom is 0.317 e. The smallest absolute Gasteiger partial charge is 0.317 e. The first-order chi connectivity index (χ1) is 12.5. The molecule has 1 N–H and O–H groups in total. The highest BCUT2D eigenvalue weighted by Crippen LogP contribution is 2.19. The van der Waals surface area contributed by atoms with E-state index in [1.807, 2.05) is 23.1 Å². The van der Waals surface area contributed by atoms with Crippen LogP contribution in [0.1, 0.15) is 24.8 Å². The first-order valence-electron chi connectivity index (χ1n) is 9.55. The molecule has 0 spiro atoms. The lowest BCUT2D eigenvalue weighted by molar-refractivity contribution is 0.103. The minimum absolute atomic E-state index is 0.0175. The van der Waals surface area contributed by atoms with Gasteiger partial charge in [-0.05, 0) is 31.2 Å². The predicted molar refractivity (Wildman–Crippen MR) is 103 cm³/mol. The summed E-state index contributed by atoms with van der Waals surface area (Å²) < 4.78 is 23.1. The van der Waals surface area contributed by atoms with Crippen molar-refractivity contribution in [3.63, 3.8) is 0 Å². The molecule has 0 saturated carbocycles. The van der Waals surface area contributed by atoms with Gasteiger partial charge in [-0.15, -0.1) is 0 Å². The first-order valence-corrected chi connectivity index (χ1v) is 11.4. The molecule has 6 nitrogen and oxygen atoms in total. The molecule has 3 rings (SSSR count). The van der Waals surface area contributed by atoms with Crippen LogP contribution in [-0.4, -0.2) is 74.5 Å². The molecule has 0 aromatic heterocycles. The van der Waals surface area contributed by atoms with Gasteiger partial charge in [0, 0.05) is 38.8 Å². The molecule has 0 bridgehead atoms. The lowest BCUT2D eigenvalue weighted by Crippen LogP contribution is -2.55. The van der Waals surface area contributed by atoms with Gasteiger partial charge in [0.05, 0.1) is 11.5 Å². The lowest BCUT2D eigenvalue weighted by atomic mass is 10.1. The van der Waals surface area contributed by atoms with E-state index in [0.29, 0.717) is 37.2 Å². The van der Waals surface area contributed by atoms with Gasteiger partial charge in [0.25, 0.3) is 0 Å². The van der Waals surface area contributed by atoms with Gasteiger partial charge in [-0.1, -0.05) is 30.3 Å². The Kier molecular flexibility index (Phi) is 6.53. The third kappa shape index (κ3) is 5.45. The Hall–Kier alpha value is -1.60. The zero-order valence-corrected chi connectivity index (χ0v) is 16.1. The summed E-state index contributed by atoms with van der Waals surface area (Å²) >= 11 is 0. The lowest BCUT2D eigenvalue weighted by Gasteiger charge is -2.40. The fraction of sp³-hybridized carbons (Fsp3) is 0.632. The number of benzene rings is 1. The Morgan fingerprint density at radius 2 is 1.69 bits per heavy atom. The van der Waals surface area contributed by atoms with Crippen LogP contribution in [0.5, 0.6) is 0 Å². The number of piperazine rings is 1. The Bertz CT molecular complexity index is 671. The average Bonchev–Trinajstić information content (AvgIpc) is 2.66. The molecular weight excluding hydrogens is 350 g/mol. The minimum atomic E-state index is -2.81. The molecule has 2 amide bonds. The van der Waals surface area contributed by atoms with Crippen LogP contribution < -0.4 is 5.32 Å². The van der Waals surface area contributed by atoms with Crippen molar-refractivity contribution >= 4 is 15.9 Å². The average molecular weight is 380 g/mol.